The van der Waals surface area contributed by atoms with Gasteiger partial charge >= 0.3 is 0 Å². The summed E-state index contributed by atoms with van der Waals surface area (Å²) >= 11 is 0. The lowest BCUT2D eigenvalue weighted by Crippen LogP contribution is -2.12. The Kier molecular flexibility index (Phi) is 4.33. The molecule has 1 saturated heterocycles. The smallest absolute Gasteiger partial charge is 0.0578 e. The third-order valence-corrected chi connectivity index (χ3v) is 2.27. The van der Waals surface area contributed by atoms with Crippen molar-refractivity contribution in [2.45, 2.75) is 32.3 Å². The van der Waals surface area contributed by atoms with Gasteiger partial charge in [-0.15, -0.1) is 0 Å². The van der Waals surface area contributed by atoms with Crippen molar-refractivity contribution in [3.8, 4) is 0 Å². The third-order valence-electron chi connectivity index (χ3n) is 2.27. The standard InChI is InChI=1S/C10H18O2/c1-2-3-4-10(11)7-9-5-6-12-8-9/h2-3,9-11H,4-8H2,1H3/b3-2+/t9-,10?/m0/s1. The van der Waals surface area contributed by atoms with Gasteiger partial charge in [0.1, 0.15) is 0 Å². The molecular formula is C10H18O2. The van der Waals surface area contributed by atoms with Crippen molar-refractivity contribution in [2.24, 2.45) is 5.92 Å². The Morgan fingerprint density at radius 1 is 1.67 bits per heavy atom. The first kappa shape index (κ1) is 9.75. The molecule has 0 bridgehead atoms. The average molecular weight is 170 g/mol. The quantitative estimate of drug-likeness (QED) is 0.651. The lowest BCUT2D eigenvalue weighted by Gasteiger charge is -2.11. The zero-order valence-corrected chi connectivity index (χ0v) is 7.70. The molecule has 0 aromatic carbocycles. The van der Waals surface area contributed by atoms with Gasteiger partial charge in [-0.05, 0) is 32.1 Å². The Balaban J connectivity index is 2.11. The fourth-order valence-corrected chi connectivity index (χ4v) is 1.54. The average Bonchev–Trinajstić information content (AvgIpc) is 2.53. The van der Waals surface area contributed by atoms with Crippen molar-refractivity contribution >= 4 is 0 Å². The maximum absolute atomic E-state index is 9.53. The van der Waals surface area contributed by atoms with Gasteiger partial charge in [0.15, 0.2) is 0 Å². The van der Waals surface area contributed by atoms with Crippen LogP contribution in [-0.4, -0.2) is 24.4 Å². The Hall–Kier alpha value is -0.340. The Morgan fingerprint density at radius 3 is 3.08 bits per heavy atom. The molecule has 1 heterocycles. The Bertz CT molecular complexity index is 137. The molecule has 0 aliphatic carbocycles. The lowest BCUT2D eigenvalue weighted by molar-refractivity contribution is 0.130. The molecule has 2 nitrogen and oxygen atoms in total. The van der Waals surface area contributed by atoms with Gasteiger partial charge < -0.3 is 9.84 Å². The Morgan fingerprint density at radius 2 is 2.50 bits per heavy atom. The molecule has 0 aromatic heterocycles. The fourth-order valence-electron chi connectivity index (χ4n) is 1.54. The predicted molar refractivity (Wildman–Crippen MR) is 49.0 cm³/mol. The van der Waals surface area contributed by atoms with E-state index in [1.54, 1.807) is 0 Å². The summed E-state index contributed by atoms with van der Waals surface area (Å²) in [5.41, 5.74) is 0. The highest BCUT2D eigenvalue weighted by Gasteiger charge is 2.18. The first-order chi connectivity index (χ1) is 5.83. The van der Waals surface area contributed by atoms with Crippen LogP contribution in [0.1, 0.15) is 26.2 Å². The largest absolute Gasteiger partial charge is 0.393 e. The molecule has 1 aliphatic heterocycles. The van der Waals surface area contributed by atoms with Crippen molar-refractivity contribution in [3.63, 3.8) is 0 Å². The molecule has 1 rings (SSSR count). The third kappa shape index (κ3) is 3.37. The fraction of sp³-hybridized carbons (Fsp3) is 0.800. The summed E-state index contributed by atoms with van der Waals surface area (Å²) in [6.07, 6.45) is 6.62. The highest BCUT2D eigenvalue weighted by molar-refractivity contribution is 4.81. The first-order valence-electron chi connectivity index (χ1n) is 4.70. The SMILES string of the molecule is C/C=C/CC(O)C[C@@H]1CCOC1. The second-order valence-corrected chi connectivity index (χ2v) is 3.42. The van der Waals surface area contributed by atoms with E-state index in [-0.39, 0.29) is 6.10 Å². The molecular weight excluding hydrogens is 152 g/mol. The van der Waals surface area contributed by atoms with Crippen molar-refractivity contribution in [1.29, 1.82) is 0 Å². The normalized spacial score (nSPS) is 26.7. The van der Waals surface area contributed by atoms with Crippen LogP contribution in [0.5, 0.6) is 0 Å². The minimum absolute atomic E-state index is 0.173. The monoisotopic (exact) mass is 170 g/mol. The zero-order valence-electron chi connectivity index (χ0n) is 7.70. The molecule has 1 N–H and O–H groups in total. The van der Waals surface area contributed by atoms with Crippen LogP contribution in [-0.2, 0) is 4.74 Å². The molecule has 70 valence electrons. The van der Waals surface area contributed by atoms with Crippen LogP contribution < -0.4 is 0 Å². The van der Waals surface area contributed by atoms with Gasteiger partial charge in [0, 0.05) is 13.2 Å². The summed E-state index contributed by atoms with van der Waals surface area (Å²) < 4.78 is 5.23. The van der Waals surface area contributed by atoms with Crippen molar-refractivity contribution in [3.05, 3.63) is 12.2 Å². The van der Waals surface area contributed by atoms with Crippen molar-refractivity contribution in [1.82, 2.24) is 0 Å². The molecule has 2 atom stereocenters. The number of hydrogen-bond acceptors (Lipinski definition) is 2. The van der Waals surface area contributed by atoms with Crippen LogP contribution >= 0.6 is 0 Å². The van der Waals surface area contributed by atoms with E-state index >= 15 is 0 Å². The van der Waals surface area contributed by atoms with Gasteiger partial charge in [0.25, 0.3) is 0 Å². The van der Waals surface area contributed by atoms with E-state index in [1.807, 2.05) is 19.1 Å². The summed E-state index contributed by atoms with van der Waals surface area (Å²) in [5, 5.41) is 9.53. The van der Waals surface area contributed by atoms with Gasteiger partial charge in [-0.2, -0.15) is 0 Å². The lowest BCUT2D eigenvalue weighted by atomic mass is 9.99. The number of hydrogen-bond donors (Lipinski definition) is 1. The predicted octanol–water partition coefficient (Wildman–Crippen LogP) is 1.74. The van der Waals surface area contributed by atoms with Gasteiger partial charge in [-0.1, -0.05) is 12.2 Å². The van der Waals surface area contributed by atoms with E-state index in [4.69, 9.17) is 4.74 Å². The maximum Gasteiger partial charge on any atom is 0.0578 e. The molecule has 1 aliphatic rings. The van der Waals surface area contributed by atoms with E-state index in [9.17, 15) is 5.11 Å². The maximum atomic E-state index is 9.53. The van der Waals surface area contributed by atoms with Crippen LogP contribution in [0.4, 0.5) is 0 Å². The molecule has 1 fully saturated rings. The van der Waals surface area contributed by atoms with Gasteiger partial charge in [0.2, 0.25) is 0 Å². The summed E-state index contributed by atoms with van der Waals surface area (Å²) in [6.45, 7) is 3.69. The molecule has 0 radical (unpaired) electrons. The molecule has 1 unspecified atom stereocenters. The van der Waals surface area contributed by atoms with Crippen LogP contribution in [0, 0.1) is 5.92 Å². The highest BCUT2D eigenvalue weighted by atomic mass is 16.5. The second kappa shape index (κ2) is 5.33. The van der Waals surface area contributed by atoms with Gasteiger partial charge in [-0.25, -0.2) is 0 Å². The minimum Gasteiger partial charge on any atom is -0.393 e. The van der Waals surface area contributed by atoms with Crippen LogP contribution in [0.3, 0.4) is 0 Å². The van der Waals surface area contributed by atoms with Crippen molar-refractivity contribution < 1.29 is 9.84 Å². The van der Waals surface area contributed by atoms with Crippen LogP contribution in [0.15, 0.2) is 12.2 Å². The van der Waals surface area contributed by atoms with E-state index in [0.717, 1.165) is 32.5 Å². The van der Waals surface area contributed by atoms with E-state index in [0.29, 0.717) is 5.92 Å². The molecule has 0 amide bonds. The van der Waals surface area contributed by atoms with E-state index in [1.165, 1.54) is 0 Å². The van der Waals surface area contributed by atoms with Crippen molar-refractivity contribution in [2.75, 3.05) is 13.2 Å². The summed E-state index contributed by atoms with van der Waals surface area (Å²) in [6, 6.07) is 0. The Labute approximate surface area is 74.2 Å². The second-order valence-electron chi connectivity index (χ2n) is 3.42. The zero-order chi connectivity index (χ0) is 8.81. The summed E-state index contributed by atoms with van der Waals surface area (Å²) in [7, 11) is 0. The van der Waals surface area contributed by atoms with Crippen LogP contribution in [0.25, 0.3) is 0 Å². The highest BCUT2D eigenvalue weighted by Crippen LogP contribution is 2.19. The number of ether oxygens (including phenoxy) is 1. The van der Waals surface area contributed by atoms with E-state index in [2.05, 4.69) is 0 Å². The molecule has 12 heavy (non-hydrogen) atoms. The first-order valence-corrected chi connectivity index (χ1v) is 4.70. The molecule has 0 aromatic rings. The number of allylic oxidation sites excluding steroid dienone is 1. The van der Waals surface area contributed by atoms with Gasteiger partial charge in [-0.3, -0.25) is 0 Å². The minimum atomic E-state index is -0.173. The van der Waals surface area contributed by atoms with E-state index < -0.39 is 0 Å². The molecule has 0 spiro atoms. The molecule has 2 heteroatoms. The molecule has 0 saturated carbocycles. The topological polar surface area (TPSA) is 29.5 Å². The van der Waals surface area contributed by atoms with Gasteiger partial charge in [0.05, 0.1) is 6.10 Å². The number of rotatable bonds is 4. The number of aliphatic hydroxyl groups is 1. The summed E-state index contributed by atoms with van der Waals surface area (Å²) in [4.78, 5) is 0. The summed E-state index contributed by atoms with van der Waals surface area (Å²) in [5.74, 6) is 0.588. The van der Waals surface area contributed by atoms with Crippen LogP contribution in [0.2, 0.25) is 0 Å². The number of aliphatic hydroxyl groups excluding tert-OH is 1.